The summed E-state index contributed by atoms with van der Waals surface area (Å²) in [5.74, 6) is -49.5. The first kappa shape index (κ1) is 35.8. The Hall–Kier alpha value is -4.24. The predicted molar refractivity (Wildman–Crippen MR) is 152 cm³/mol. The third-order valence-corrected chi connectivity index (χ3v) is 10.6. The zero-order chi connectivity index (χ0) is 38.3. The van der Waals surface area contributed by atoms with Crippen LogP contribution in [0.25, 0.3) is 0 Å². The van der Waals surface area contributed by atoms with Crippen LogP contribution in [0.4, 0.5) is 70.2 Å². The van der Waals surface area contributed by atoms with Gasteiger partial charge in [0.05, 0.1) is 5.41 Å². The highest BCUT2D eigenvalue weighted by Gasteiger charge is 2.59. The van der Waals surface area contributed by atoms with Crippen LogP contribution < -0.4 is 0 Å². The molecule has 4 aromatic rings. The summed E-state index contributed by atoms with van der Waals surface area (Å²) in [5.41, 5.74) is -22.9. The van der Waals surface area contributed by atoms with Crippen molar-refractivity contribution in [1.29, 1.82) is 0 Å². The first-order valence-electron chi connectivity index (χ1n) is 16.4. The summed E-state index contributed by atoms with van der Waals surface area (Å²) in [5, 5.41) is 0. The van der Waals surface area contributed by atoms with E-state index in [4.69, 9.17) is 0 Å². The van der Waals surface area contributed by atoms with Gasteiger partial charge in [-0.25, -0.2) is 70.2 Å². The summed E-state index contributed by atoms with van der Waals surface area (Å²) in [7, 11) is 0. The molecule has 0 heterocycles. The molecule has 8 rings (SSSR count). The van der Waals surface area contributed by atoms with Gasteiger partial charge in [-0.15, -0.1) is 0 Å². The first-order valence-corrected chi connectivity index (χ1v) is 16.4. The van der Waals surface area contributed by atoms with Crippen LogP contribution in [0.1, 0.15) is 120 Å². The van der Waals surface area contributed by atoms with E-state index in [0.29, 0.717) is 0 Å². The molecule has 4 aliphatic rings. The van der Waals surface area contributed by atoms with E-state index in [2.05, 4.69) is 0 Å². The minimum absolute atomic E-state index is 0.135. The summed E-state index contributed by atoms with van der Waals surface area (Å²) in [6.07, 6.45) is -1.08. The van der Waals surface area contributed by atoms with Crippen LogP contribution in [0.5, 0.6) is 0 Å². The third kappa shape index (κ3) is 4.84. The van der Waals surface area contributed by atoms with Crippen molar-refractivity contribution in [2.75, 3.05) is 0 Å². The van der Waals surface area contributed by atoms with E-state index in [1.807, 2.05) is 0 Å². The van der Waals surface area contributed by atoms with Crippen molar-refractivity contribution in [2.24, 2.45) is 0 Å². The molecule has 0 radical (unpaired) electrons. The molecule has 4 saturated carbocycles. The second-order valence-electron chi connectivity index (χ2n) is 14.0. The lowest BCUT2D eigenvalue weighted by atomic mass is 9.62. The average Bonchev–Trinajstić information content (AvgIpc) is 3.92. The molecule has 4 aliphatic carbocycles. The molecule has 280 valence electrons. The Morgan fingerprint density at radius 1 is 0.226 bits per heavy atom. The lowest BCUT2D eigenvalue weighted by Gasteiger charge is -2.39. The quantitative estimate of drug-likeness (QED) is 0.0951. The van der Waals surface area contributed by atoms with Crippen LogP contribution >= 0.6 is 0 Å². The van der Waals surface area contributed by atoms with Crippen LogP contribution in [-0.4, -0.2) is 0 Å². The van der Waals surface area contributed by atoms with E-state index in [9.17, 15) is 0 Å². The molecule has 0 bridgehead atoms. The van der Waals surface area contributed by atoms with Gasteiger partial charge in [0.25, 0.3) is 0 Å². The molecular weight excluding hydrogens is 748 g/mol. The fourth-order valence-corrected chi connectivity index (χ4v) is 7.58. The molecule has 0 spiro atoms. The van der Waals surface area contributed by atoms with Gasteiger partial charge in [-0.1, -0.05) is 0 Å². The molecule has 0 amide bonds. The fraction of sp³-hybridized carbons (Fsp3) is 0.351. The molecule has 0 atom stereocenters. The Morgan fingerprint density at radius 3 is 0.472 bits per heavy atom. The summed E-state index contributed by atoms with van der Waals surface area (Å²) < 4.78 is 260. The first-order chi connectivity index (χ1) is 25.0. The number of hydrogen-bond donors (Lipinski definition) is 0. The van der Waals surface area contributed by atoms with Gasteiger partial charge < -0.3 is 0 Å². The van der Waals surface area contributed by atoms with E-state index in [0.717, 1.165) is 0 Å². The smallest absolute Gasteiger partial charge is 0.167 e. The normalized spacial score (nSPS) is 17.7. The van der Waals surface area contributed by atoms with Crippen molar-refractivity contribution in [2.45, 2.75) is 80.5 Å². The van der Waals surface area contributed by atoms with E-state index in [1.165, 1.54) is 0 Å². The number of halogens is 16. The standard InChI is InChI=1S/C37H20F16/c38-21-13(9-1-2-9)22(39)30(47)17(29(21)46)37(18-31(48)23(40)14(10-3-4-10)24(41)32(18)49,19-33(50)25(42)15(11-5-6-11)26(43)34(19)51)20-35(52)27(44)16(12-7-8-12)28(45)36(20)53/h9-12H,1-8H2. The van der Waals surface area contributed by atoms with Crippen molar-refractivity contribution in [3.8, 4) is 0 Å². The van der Waals surface area contributed by atoms with E-state index < -0.39 is 167 Å². The monoisotopic (exact) mass is 768 g/mol. The van der Waals surface area contributed by atoms with Gasteiger partial charge in [0.15, 0.2) is 93.1 Å². The van der Waals surface area contributed by atoms with Gasteiger partial charge in [0.2, 0.25) is 0 Å². The molecule has 0 N–H and O–H groups in total. The molecule has 4 aromatic carbocycles. The minimum atomic E-state index is -5.40. The SMILES string of the molecule is Fc1c(F)c(C(c2c(F)c(F)c(C3CC3)c(F)c2F)(c2c(F)c(F)c(C3CC3)c(F)c2F)c2c(F)c(F)c(C3CC3)c(F)c2F)c(F)c(F)c1C1CC1. The Morgan fingerprint density at radius 2 is 0.358 bits per heavy atom. The van der Waals surface area contributed by atoms with Crippen molar-refractivity contribution < 1.29 is 70.2 Å². The molecule has 53 heavy (non-hydrogen) atoms. The van der Waals surface area contributed by atoms with E-state index >= 15 is 70.2 Å². The minimum Gasteiger partial charge on any atom is -0.203 e. The number of hydrogen-bond acceptors (Lipinski definition) is 0. The largest absolute Gasteiger partial charge is 0.203 e. The molecule has 16 heteroatoms. The van der Waals surface area contributed by atoms with Crippen LogP contribution in [0.2, 0.25) is 0 Å². The second-order valence-corrected chi connectivity index (χ2v) is 14.0. The summed E-state index contributed by atoms with van der Waals surface area (Å²) in [4.78, 5) is 0. The maximum Gasteiger partial charge on any atom is 0.167 e. The van der Waals surface area contributed by atoms with Gasteiger partial charge in [-0.3, -0.25) is 0 Å². The van der Waals surface area contributed by atoms with Crippen LogP contribution in [0.15, 0.2) is 0 Å². The van der Waals surface area contributed by atoms with Crippen LogP contribution in [-0.2, 0) is 5.41 Å². The van der Waals surface area contributed by atoms with Crippen molar-refractivity contribution in [3.63, 3.8) is 0 Å². The zero-order valence-corrected chi connectivity index (χ0v) is 26.5. The van der Waals surface area contributed by atoms with Gasteiger partial charge >= 0.3 is 0 Å². The number of benzene rings is 4. The Bertz CT molecular complexity index is 1860. The Balaban J connectivity index is 1.69. The molecular formula is C37H20F16. The maximum atomic E-state index is 16.6. The highest BCUT2D eigenvalue weighted by Crippen LogP contribution is 2.58. The average molecular weight is 769 g/mol. The van der Waals surface area contributed by atoms with Crippen molar-refractivity contribution in [1.82, 2.24) is 0 Å². The van der Waals surface area contributed by atoms with Gasteiger partial charge in [-0.05, 0) is 75.0 Å². The highest BCUT2D eigenvalue weighted by molar-refractivity contribution is 5.65. The Kier molecular flexibility index (Phi) is 8.02. The van der Waals surface area contributed by atoms with Gasteiger partial charge in [-0.2, -0.15) is 0 Å². The van der Waals surface area contributed by atoms with Crippen LogP contribution in [0, 0.1) is 93.1 Å². The van der Waals surface area contributed by atoms with Crippen LogP contribution in [0.3, 0.4) is 0 Å². The zero-order valence-electron chi connectivity index (χ0n) is 26.5. The number of rotatable bonds is 8. The molecule has 0 nitrogen and oxygen atoms in total. The maximum absolute atomic E-state index is 16.6. The lowest BCUT2D eigenvalue weighted by molar-refractivity contribution is 0.348. The third-order valence-electron chi connectivity index (χ3n) is 10.6. The molecule has 0 unspecified atom stereocenters. The van der Waals surface area contributed by atoms with Gasteiger partial charge in [0.1, 0.15) is 0 Å². The summed E-state index contributed by atoms with van der Waals surface area (Å²) >= 11 is 0. The highest BCUT2D eigenvalue weighted by atomic mass is 19.2. The van der Waals surface area contributed by atoms with Crippen molar-refractivity contribution in [3.05, 3.63) is 138 Å². The lowest BCUT2D eigenvalue weighted by Crippen LogP contribution is -2.42. The Labute approximate surface area is 288 Å². The summed E-state index contributed by atoms with van der Waals surface area (Å²) in [6.45, 7) is 0. The molecule has 4 fully saturated rings. The fourth-order valence-electron chi connectivity index (χ4n) is 7.58. The van der Waals surface area contributed by atoms with Crippen molar-refractivity contribution >= 4 is 0 Å². The van der Waals surface area contributed by atoms with E-state index in [-0.39, 0.29) is 51.4 Å². The second kappa shape index (κ2) is 11.9. The molecule has 0 saturated heterocycles. The predicted octanol–water partition coefficient (Wildman–Crippen LogP) is 11.8. The van der Waals surface area contributed by atoms with Gasteiger partial charge in [0, 0.05) is 44.5 Å². The summed E-state index contributed by atoms with van der Waals surface area (Å²) in [6, 6.07) is 0. The molecule has 0 aliphatic heterocycles. The molecule has 0 aromatic heterocycles. The topological polar surface area (TPSA) is 0 Å². The van der Waals surface area contributed by atoms with E-state index in [1.54, 1.807) is 0 Å².